The zero-order chi connectivity index (χ0) is 16.1. The molecule has 2 heterocycles. The summed E-state index contributed by atoms with van der Waals surface area (Å²) in [6, 6.07) is 6.25. The molecule has 1 aliphatic heterocycles. The number of amidine groups is 1. The maximum atomic E-state index is 14.2. The van der Waals surface area contributed by atoms with E-state index < -0.39 is 11.4 Å². The van der Waals surface area contributed by atoms with Crippen molar-refractivity contribution in [3.63, 3.8) is 0 Å². The summed E-state index contributed by atoms with van der Waals surface area (Å²) < 4.78 is 15.8. The Labute approximate surface area is 130 Å². The summed E-state index contributed by atoms with van der Waals surface area (Å²) in [5, 5.41) is 9.27. The van der Waals surface area contributed by atoms with Gasteiger partial charge in [-0.25, -0.2) is 9.37 Å². The number of rotatable bonds is 1. The molecule has 6 nitrogen and oxygen atoms in total. The number of benzene rings is 1. The molecule has 1 unspecified atom stereocenters. The molecule has 1 aromatic heterocycles. The van der Waals surface area contributed by atoms with Gasteiger partial charge in [0.25, 0.3) is 0 Å². The molecule has 2 aromatic rings. The number of hydrogen-bond donors (Lipinski definition) is 2. The predicted molar refractivity (Wildman–Crippen MR) is 80.8 cm³/mol. The quantitative estimate of drug-likeness (QED) is 0.781. The number of hydrogen-bond acceptors (Lipinski definition) is 5. The highest BCUT2D eigenvalue weighted by molar-refractivity contribution is 6.30. The largest absolute Gasteiger partial charge is 0.399 e. The van der Waals surface area contributed by atoms with Gasteiger partial charge >= 0.3 is 0 Å². The molecule has 4 N–H and O–H groups in total. The van der Waals surface area contributed by atoms with Gasteiger partial charge in [0.05, 0.1) is 6.54 Å². The third kappa shape index (κ3) is 2.00. The maximum absolute atomic E-state index is 14.2. The molecule has 22 heavy (non-hydrogen) atoms. The molecular formula is C14H12ClFN6. The molecule has 0 radical (unpaired) electrons. The summed E-state index contributed by atoms with van der Waals surface area (Å²) in [5.41, 5.74) is 11.6. The monoisotopic (exact) mass is 318 g/mol. The predicted octanol–water partition coefficient (Wildman–Crippen LogP) is 1.76. The summed E-state index contributed by atoms with van der Waals surface area (Å²) in [4.78, 5) is 8.40. The van der Waals surface area contributed by atoms with Crippen LogP contribution in [0.4, 0.5) is 10.1 Å². The number of fused-ring (bicyclic) bond motifs is 1. The summed E-state index contributed by atoms with van der Waals surface area (Å²) in [6.45, 7) is 1.90. The molecule has 0 fully saturated rings. The minimum Gasteiger partial charge on any atom is -0.399 e. The highest BCUT2D eigenvalue weighted by Gasteiger charge is 2.37. The number of aromatic nitrogens is 2. The van der Waals surface area contributed by atoms with E-state index in [-0.39, 0.29) is 23.2 Å². The Balaban J connectivity index is 2.20. The van der Waals surface area contributed by atoms with Crippen molar-refractivity contribution in [1.29, 1.82) is 5.26 Å². The van der Waals surface area contributed by atoms with E-state index in [1.807, 2.05) is 6.07 Å². The van der Waals surface area contributed by atoms with Crippen molar-refractivity contribution in [3.8, 4) is 6.07 Å². The number of imidazole rings is 1. The van der Waals surface area contributed by atoms with Crippen molar-refractivity contribution in [1.82, 2.24) is 9.55 Å². The van der Waals surface area contributed by atoms with Gasteiger partial charge in [-0.05, 0) is 25.1 Å². The lowest BCUT2D eigenvalue weighted by molar-refractivity contribution is 0.382. The first kappa shape index (κ1) is 14.4. The number of aliphatic imine (C=N–C) groups is 1. The number of nitrogens with two attached hydrogens (primary N) is 2. The number of nitriles is 1. The van der Waals surface area contributed by atoms with Crippen molar-refractivity contribution in [2.45, 2.75) is 19.0 Å². The zero-order valence-electron chi connectivity index (χ0n) is 11.6. The van der Waals surface area contributed by atoms with Crippen LogP contribution in [0.5, 0.6) is 0 Å². The van der Waals surface area contributed by atoms with Crippen LogP contribution in [0.25, 0.3) is 0 Å². The zero-order valence-corrected chi connectivity index (χ0v) is 12.4. The highest BCUT2D eigenvalue weighted by Crippen LogP contribution is 2.35. The fourth-order valence-electron chi connectivity index (χ4n) is 2.64. The Bertz CT molecular complexity index is 850. The van der Waals surface area contributed by atoms with Gasteiger partial charge in [0.2, 0.25) is 0 Å². The molecule has 1 aliphatic rings. The van der Waals surface area contributed by atoms with Gasteiger partial charge in [0, 0.05) is 11.3 Å². The Morgan fingerprint density at radius 1 is 1.45 bits per heavy atom. The first-order chi connectivity index (χ1) is 10.4. The van der Waals surface area contributed by atoms with E-state index in [2.05, 4.69) is 9.98 Å². The molecule has 0 saturated carbocycles. The van der Waals surface area contributed by atoms with Crippen molar-refractivity contribution in [2.24, 2.45) is 10.7 Å². The topological polar surface area (TPSA) is 106 Å². The lowest BCUT2D eigenvalue weighted by atomic mass is 9.90. The molecule has 0 spiro atoms. The van der Waals surface area contributed by atoms with Crippen LogP contribution in [0.1, 0.15) is 24.0 Å². The standard InChI is InChI=1S/C14H12ClFN6/c1-14(8-4-7(18)2-3-9(8)16)6-22-10(5-17)11(15)20-13(22)12(19)21-14/h2-4H,6,18H2,1H3,(H2,19,21). The van der Waals surface area contributed by atoms with Crippen LogP contribution in [0, 0.1) is 17.1 Å². The number of nitrogens with zero attached hydrogens (tertiary/aromatic N) is 4. The Kier molecular flexibility index (Phi) is 3.07. The molecule has 112 valence electrons. The number of nitrogen functional groups attached to an aromatic ring is 1. The first-order valence-electron chi connectivity index (χ1n) is 6.43. The van der Waals surface area contributed by atoms with Crippen molar-refractivity contribution >= 4 is 23.1 Å². The van der Waals surface area contributed by atoms with Crippen LogP contribution in [0.3, 0.4) is 0 Å². The normalized spacial score (nSPS) is 20.2. The number of anilines is 1. The SMILES string of the molecule is CC1(c2cc(N)ccc2F)Cn2c(nc(Cl)c2C#N)C(N)=N1. The molecular weight excluding hydrogens is 307 g/mol. The van der Waals surface area contributed by atoms with Crippen LogP contribution >= 0.6 is 11.6 Å². The fraction of sp³-hybridized carbons (Fsp3) is 0.214. The van der Waals surface area contributed by atoms with E-state index in [0.717, 1.165) is 0 Å². The fourth-order valence-corrected chi connectivity index (χ4v) is 2.86. The van der Waals surface area contributed by atoms with Gasteiger partial charge in [-0.2, -0.15) is 5.26 Å². The van der Waals surface area contributed by atoms with E-state index in [4.69, 9.17) is 23.1 Å². The van der Waals surface area contributed by atoms with Gasteiger partial charge in [-0.15, -0.1) is 0 Å². The van der Waals surface area contributed by atoms with Crippen molar-refractivity contribution in [2.75, 3.05) is 5.73 Å². The Morgan fingerprint density at radius 2 is 2.18 bits per heavy atom. The van der Waals surface area contributed by atoms with Gasteiger partial charge in [-0.3, -0.25) is 4.99 Å². The van der Waals surface area contributed by atoms with Crippen LogP contribution < -0.4 is 11.5 Å². The van der Waals surface area contributed by atoms with E-state index >= 15 is 0 Å². The van der Waals surface area contributed by atoms with Gasteiger partial charge in [0.1, 0.15) is 17.4 Å². The minimum atomic E-state index is -1.01. The van der Waals surface area contributed by atoms with Crippen LogP contribution in [0.2, 0.25) is 5.15 Å². The summed E-state index contributed by atoms with van der Waals surface area (Å²) in [7, 11) is 0. The molecule has 3 rings (SSSR count). The Morgan fingerprint density at radius 3 is 2.86 bits per heavy atom. The van der Waals surface area contributed by atoms with Crippen LogP contribution in [0.15, 0.2) is 23.2 Å². The van der Waals surface area contributed by atoms with E-state index in [1.165, 1.54) is 18.2 Å². The molecule has 0 bridgehead atoms. The van der Waals surface area contributed by atoms with Gasteiger partial charge < -0.3 is 16.0 Å². The maximum Gasteiger partial charge on any atom is 0.177 e. The second-order valence-electron chi connectivity index (χ2n) is 5.28. The van der Waals surface area contributed by atoms with E-state index in [0.29, 0.717) is 17.1 Å². The summed E-state index contributed by atoms with van der Waals surface area (Å²) >= 11 is 5.94. The second-order valence-corrected chi connectivity index (χ2v) is 5.64. The highest BCUT2D eigenvalue weighted by atomic mass is 35.5. The van der Waals surface area contributed by atoms with Gasteiger partial charge in [0.15, 0.2) is 22.5 Å². The van der Waals surface area contributed by atoms with E-state index in [1.54, 1.807) is 11.5 Å². The molecule has 1 atom stereocenters. The molecule has 0 aliphatic carbocycles. The lowest BCUT2D eigenvalue weighted by Gasteiger charge is -2.31. The van der Waals surface area contributed by atoms with E-state index in [9.17, 15) is 9.65 Å². The van der Waals surface area contributed by atoms with Crippen molar-refractivity contribution in [3.05, 3.63) is 46.3 Å². The first-order valence-corrected chi connectivity index (χ1v) is 6.81. The van der Waals surface area contributed by atoms with Gasteiger partial charge in [-0.1, -0.05) is 11.6 Å². The third-order valence-corrected chi connectivity index (χ3v) is 3.93. The average molecular weight is 319 g/mol. The second kappa shape index (κ2) is 4.71. The van der Waals surface area contributed by atoms with Crippen molar-refractivity contribution < 1.29 is 4.39 Å². The summed E-state index contributed by atoms with van der Waals surface area (Å²) in [6.07, 6.45) is 0. The molecule has 1 aromatic carbocycles. The molecule has 0 saturated heterocycles. The molecule has 8 heteroatoms. The minimum absolute atomic E-state index is 0.0490. The van der Waals surface area contributed by atoms with Crippen LogP contribution in [-0.2, 0) is 12.1 Å². The Hall–Kier alpha value is -2.59. The van der Waals surface area contributed by atoms with Crippen LogP contribution in [-0.4, -0.2) is 15.4 Å². The number of halogens is 2. The molecule has 0 amide bonds. The summed E-state index contributed by atoms with van der Waals surface area (Å²) in [5.74, 6) is -0.0382. The lowest BCUT2D eigenvalue weighted by Crippen LogP contribution is -2.38. The third-order valence-electron chi connectivity index (χ3n) is 3.66. The average Bonchev–Trinajstić information content (AvgIpc) is 2.77. The smallest absolute Gasteiger partial charge is 0.177 e.